The van der Waals surface area contributed by atoms with E-state index in [0.29, 0.717) is 5.02 Å². The zero-order valence-corrected chi connectivity index (χ0v) is 19.4. The second-order valence-electron chi connectivity index (χ2n) is 8.85. The summed E-state index contributed by atoms with van der Waals surface area (Å²) in [6, 6.07) is 20.7. The molecular formula is C27H19Cl2NO4. The molecule has 0 N–H and O–H groups in total. The summed E-state index contributed by atoms with van der Waals surface area (Å²) in [5, 5.41) is 0.595. The lowest BCUT2D eigenvalue weighted by Crippen LogP contribution is -2.41. The van der Waals surface area contributed by atoms with Gasteiger partial charge in [-0.1, -0.05) is 71.7 Å². The highest BCUT2D eigenvalue weighted by atomic mass is 35.5. The maximum atomic E-state index is 13.5. The van der Waals surface area contributed by atoms with Crippen LogP contribution in [-0.4, -0.2) is 35.8 Å². The molecule has 170 valence electrons. The highest BCUT2D eigenvalue weighted by molar-refractivity contribution is 6.36. The summed E-state index contributed by atoms with van der Waals surface area (Å²) in [6.45, 7) is -0.0995. The van der Waals surface area contributed by atoms with Crippen LogP contribution < -0.4 is 0 Å². The molecule has 1 saturated heterocycles. The minimum Gasteiger partial charge on any atom is -0.460 e. The molecule has 5 nitrogen and oxygen atoms in total. The monoisotopic (exact) mass is 491 g/mol. The molecule has 1 fully saturated rings. The number of hydrogen-bond donors (Lipinski definition) is 0. The molecule has 3 aliphatic carbocycles. The Balaban J connectivity index is 1.26. The Labute approximate surface area is 206 Å². The van der Waals surface area contributed by atoms with E-state index < -0.39 is 17.8 Å². The first-order valence-corrected chi connectivity index (χ1v) is 11.9. The van der Waals surface area contributed by atoms with Crippen LogP contribution in [0, 0.1) is 11.8 Å². The number of carbonyl (C=O) groups excluding carboxylic acids is 3. The molecule has 7 heteroatoms. The SMILES string of the molecule is O=C(OCCN1C(=O)[C@@H]2C3c4ccccc4C(c4ccccc43)[C@@H]2C1=O)c1ccc(Cl)cc1Cl. The maximum Gasteiger partial charge on any atom is 0.339 e. The first kappa shape index (κ1) is 21.4. The summed E-state index contributed by atoms with van der Waals surface area (Å²) in [4.78, 5) is 40.8. The molecule has 0 aromatic heterocycles. The van der Waals surface area contributed by atoms with Crippen LogP contribution in [0.4, 0.5) is 0 Å². The molecule has 7 rings (SSSR count). The van der Waals surface area contributed by atoms with Gasteiger partial charge in [0, 0.05) is 16.9 Å². The quantitative estimate of drug-likeness (QED) is 0.378. The maximum absolute atomic E-state index is 13.5. The predicted octanol–water partition coefficient (Wildman–Crippen LogP) is 5.04. The van der Waals surface area contributed by atoms with E-state index in [-0.39, 0.29) is 47.4 Å². The zero-order valence-electron chi connectivity index (χ0n) is 17.9. The number of amides is 2. The fourth-order valence-electron chi connectivity index (χ4n) is 5.92. The van der Waals surface area contributed by atoms with Crippen molar-refractivity contribution in [1.29, 1.82) is 0 Å². The normalized spacial score (nSPS) is 24.0. The number of esters is 1. The van der Waals surface area contributed by atoms with Crippen LogP contribution in [0.3, 0.4) is 0 Å². The van der Waals surface area contributed by atoms with Gasteiger partial charge < -0.3 is 4.74 Å². The van der Waals surface area contributed by atoms with Crippen molar-refractivity contribution >= 4 is 41.0 Å². The third kappa shape index (κ3) is 3.04. The molecule has 0 spiro atoms. The van der Waals surface area contributed by atoms with E-state index in [4.69, 9.17) is 27.9 Å². The number of carbonyl (C=O) groups is 3. The Morgan fingerprint density at radius 1 is 0.794 bits per heavy atom. The second kappa shape index (κ2) is 7.97. The summed E-state index contributed by atoms with van der Waals surface area (Å²) >= 11 is 12.0. The number of imide groups is 1. The van der Waals surface area contributed by atoms with E-state index >= 15 is 0 Å². The Morgan fingerprint density at radius 3 is 1.76 bits per heavy atom. The highest BCUT2D eigenvalue weighted by Gasteiger charge is 2.61. The molecule has 3 aromatic rings. The van der Waals surface area contributed by atoms with Crippen LogP contribution in [0.15, 0.2) is 66.7 Å². The van der Waals surface area contributed by atoms with Crippen molar-refractivity contribution in [3.8, 4) is 0 Å². The van der Waals surface area contributed by atoms with Gasteiger partial charge in [-0.25, -0.2) is 4.79 Å². The molecular weight excluding hydrogens is 473 g/mol. The van der Waals surface area contributed by atoms with Gasteiger partial charge in [0.05, 0.1) is 29.0 Å². The van der Waals surface area contributed by atoms with Crippen molar-refractivity contribution in [3.63, 3.8) is 0 Å². The van der Waals surface area contributed by atoms with E-state index in [1.807, 2.05) is 24.3 Å². The third-order valence-corrected chi connectivity index (χ3v) is 7.79. The van der Waals surface area contributed by atoms with Crippen LogP contribution in [0.2, 0.25) is 10.0 Å². The van der Waals surface area contributed by atoms with E-state index in [1.54, 1.807) is 6.07 Å². The number of nitrogens with zero attached hydrogens (tertiary/aromatic N) is 1. The average Bonchev–Trinajstić information content (AvgIpc) is 3.09. The lowest BCUT2D eigenvalue weighted by molar-refractivity contribution is -0.140. The lowest BCUT2D eigenvalue weighted by atomic mass is 9.55. The van der Waals surface area contributed by atoms with Crippen molar-refractivity contribution in [2.75, 3.05) is 13.2 Å². The molecule has 2 bridgehead atoms. The van der Waals surface area contributed by atoms with Crippen LogP contribution in [0.5, 0.6) is 0 Å². The first-order chi connectivity index (χ1) is 16.5. The molecule has 1 heterocycles. The number of likely N-dealkylation sites (tertiary alicyclic amines) is 1. The number of hydrogen-bond acceptors (Lipinski definition) is 4. The van der Waals surface area contributed by atoms with E-state index in [1.165, 1.54) is 17.0 Å². The molecule has 3 aromatic carbocycles. The average molecular weight is 492 g/mol. The van der Waals surface area contributed by atoms with Crippen LogP contribution in [0.1, 0.15) is 44.4 Å². The minimum absolute atomic E-state index is 0.00768. The smallest absolute Gasteiger partial charge is 0.339 e. The van der Waals surface area contributed by atoms with E-state index in [9.17, 15) is 14.4 Å². The Kier molecular flexibility index (Phi) is 5.01. The summed E-state index contributed by atoms with van der Waals surface area (Å²) in [7, 11) is 0. The van der Waals surface area contributed by atoms with Crippen LogP contribution in [0.25, 0.3) is 0 Å². The lowest BCUT2D eigenvalue weighted by Gasteiger charge is -2.45. The van der Waals surface area contributed by atoms with Gasteiger partial charge in [-0.05, 0) is 40.5 Å². The number of benzene rings is 3. The fraction of sp³-hybridized carbons (Fsp3) is 0.222. The van der Waals surface area contributed by atoms with E-state index in [0.717, 1.165) is 22.3 Å². The second-order valence-corrected chi connectivity index (χ2v) is 9.70. The summed E-state index contributed by atoms with van der Waals surface area (Å²) in [6.07, 6.45) is 0. The summed E-state index contributed by atoms with van der Waals surface area (Å²) < 4.78 is 5.34. The van der Waals surface area contributed by atoms with Gasteiger partial charge in [-0.15, -0.1) is 0 Å². The predicted molar refractivity (Wildman–Crippen MR) is 127 cm³/mol. The standard InChI is InChI=1S/C27H19Cl2NO4/c28-14-9-10-19(20(29)13-14)27(33)34-12-11-30-25(31)23-21-15-5-1-2-6-16(15)22(24(23)26(30)32)18-8-4-3-7-17(18)21/h1-10,13,21-24H,11-12H2/t21?,22?,23-,24+. The molecule has 34 heavy (non-hydrogen) atoms. The van der Waals surface area contributed by atoms with Gasteiger partial charge >= 0.3 is 5.97 Å². The Hall–Kier alpha value is -3.15. The topological polar surface area (TPSA) is 63.7 Å². The molecule has 0 saturated carbocycles. The van der Waals surface area contributed by atoms with Gasteiger partial charge in [0.15, 0.2) is 0 Å². The van der Waals surface area contributed by atoms with Gasteiger partial charge in [-0.3, -0.25) is 14.5 Å². The van der Waals surface area contributed by atoms with Crippen molar-refractivity contribution in [1.82, 2.24) is 4.90 Å². The Morgan fingerprint density at radius 2 is 1.29 bits per heavy atom. The van der Waals surface area contributed by atoms with Crippen molar-refractivity contribution in [2.24, 2.45) is 11.8 Å². The third-order valence-electron chi connectivity index (χ3n) is 7.24. The molecule has 0 radical (unpaired) electrons. The molecule has 1 aliphatic heterocycles. The zero-order chi connectivity index (χ0) is 23.6. The molecule has 2 atom stereocenters. The summed E-state index contributed by atoms with van der Waals surface area (Å²) in [5.74, 6) is -2.21. The van der Waals surface area contributed by atoms with Gasteiger partial charge in [-0.2, -0.15) is 0 Å². The van der Waals surface area contributed by atoms with Crippen LogP contribution >= 0.6 is 23.2 Å². The first-order valence-electron chi connectivity index (χ1n) is 11.1. The summed E-state index contributed by atoms with van der Waals surface area (Å²) in [5.41, 5.74) is 4.68. The molecule has 2 amide bonds. The minimum atomic E-state index is -0.627. The van der Waals surface area contributed by atoms with Crippen molar-refractivity contribution in [2.45, 2.75) is 11.8 Å². The number of rotatable bonds is 4. The molecule has 0 unspecified atom stereocenters. The number of ether oxygens (including phenoxy) is 1. The van der Waals surface area contributed by atoms with Crippen molar-refractivity contribution < 1.29 is 19.1 Å². The molecule has 4 aliphatic rings. The largest absolute Gasteiger partial charge is 0.460 e. The van der Waals surface area contributed by atoms with Crippen LogP contribution in [-0.2, 0) is 14.3 Å². The van der Waals surface area contributed by atoms with E-state index in [2.05, 4.69) is 24.3 Å². The van der Waals surface area contributed by atoms with Gasteiger partial charge in [0.25, 0.3) is 0 Å². The Bertz CT molecular complexity index is 1250. The number of halogens is 2. The fourth-order valence-corrected chi connectivity index (χ4v) is 6.41. The van der Waals surface area contributed by atoms with Crippen molar-refractivity contribution in [3.05, 3.63) is 105 Å². The van der Waals surface area contributed by atoms with Gasteiger partial charge in [0.2, 0.25) is 11.8 Å². The van der Waals surface area contributed by atoms with Gasteiger partial charge in [0.1, 0.15) is 6.61 Å². The highest BCUT2D eigenvalue weighted by Crippen LogP contribution is 2.60.